The summed E-state index contributed by atoms with van der Waals surface area (Å²) < 4.78 is 0. The third-order valence-corrected chi connectivity index (χ3v) is 8.38. The maximum atomic E-state index is 4.69. The van der Waals surface area contributed by atoms with Crippen LogP contribution in [-0.4, -0.2) is 5.71 Å². The number of aryl methyl sites for hydroxylation is 1. The van der Waals surface area contributed by atoms with Crippen LogP contribution in [0.4, 0.5) is 0 Å². The van der Waals surface area contributed by atoms with Crippen LogP contribution in [-0.2, 0) is 0 Å². The second kappa shape index (κ2) is 18.5. The molecule has 0 atom stereocenters. The van der Waals surface area contributed by atoms with E-state index in [0.29, 0.717) is 0 Å². The van der Waals surface area contributed by atoms with Crippen LogP contribution in [0.5, 0.6) is 0 Å². The van der Waals surface area contributed by atoms with Crippen molar-refractivity contribution >= 4 is 17.0 Å². The SMILES string of the molecule is C=C(C)c1ccccc1.C=C(N=C(C)c1ccccc1)c1cccc(-c2cccc(C)c2)c1.c1ccc(-c2cccc(-c3ccccc3)c2)cc1. The first kappa shape index (κ1) is 36.0. The molecule has 0 amide bonds. The first-order chi connectivity index (χ1) is 24.9. The molecule has 0 saturated heterocycles. The van der Waals surface area contributed by atoms with E-state index >= 15 is 0 Å². The topological polar surface area (TPSA) is 12.4 Å². The van der Waals surface area contributed by atoms with Crippen molar-refractivity contribution in [1.82, 2.24) is 0 Å². The summed E-state index contributed by atoms with van der Waals surface area (Å²) >= 11 is 0. The van der Waals surface area contributed by atoms with E-state index in [1.54, 1.807) is 0 Å². The Balaban J connectivity index is 0.000000163. The van der Waals surface area contributed by atoms with Crippen LogP contribution in [0.2, 0.25) is 0 Å². The highest BCUT2D eigenvalue weighted by Crippen LogP contribution is 2.27. The van der Waals surface area contributed by atoms with E-state index in [0.717, 1.165) is 28.1 Å². The number of hydrogen-bond donors (Lipinski definition) is 0. The van der Waals surface area contributed by atoms with Crippen molar-refractivity contribution in [3.63, 3.8) is 0 Å². The molecule has 1 heteroatoms. The molecule has 7 aromatic rings. The second-order valence-electron chi connectivity index (χ2n) is 12.4. The molecule has 0 aliphatic carbocycles. The van der Waals surface area contributed by atoms with Crippen LogP contribution in [0, 0.1) is 6.92 Å². The summed E-state index contributed by atoms with van der Waals surface area (Å²) in [7, 11) is 0. The van der Waals surface area contributed by atoms with E-state index in [9.17, 15) is 0 Å². The largest absolute Gasteiger partial charge is 0.253 e. The van der Waals surface area contributed by atoms with Crippen molar-refractivity contribution in [3.05, 3.63) is 230 Å². The summed E-state index contributed by atoms with van der Waals surface area (Å²) in [5.74, 6) is 0. The van der Waals surface area contributed by atoms with Gasteiger partial charge >= 0.3 is 0 Å². The molecule has 250 valence electrons. The van der Waals surface area contributed by atoms with E-state index in [1.165, 1.54) is 44.5 Å². The number of rotatable bonds is 7. The van der Waals surface area contributed by atoms with Crippen molar-refractivity contribution in [2.75, 3.05) is 0 Å². The lowest BCUT2D eigenvalue weighted by Gasteiger charge is -2.08. The zero-order valence-electron chi connectivity index (χ0n) is 29.8. The molecule has 0 N–H and O–H groups in total. The lowest BCUT2D eigenvalue weighted by atomic mass is 9.99. The van der Waals surface area contributed by atoms with Crippen LogP contribution in [0.15, 0.2) is 212 Å². The number of aliphatic imine (C=N–C) groups is 1. The van der Waals surface area contributed by atoms with Gasteiger partial charge in [0.25, 0.3) is 0 Å². The van der Waals surface area contributed by atoms with Gasteiger partial charge in [0.05, 0.1) is 5.70 Å². The van der Waals surface area contributed by atoms with Gasteiger partial charge in [0.1, 0.15) is 0 Å². The Hall–Kier alpha value is -6.31. The van der Waals surface area contributed by atoms with Gasteiger partial charge < -0.3 is 0 Å². The average molecular weight is 660 g/mol. The summed E-state index contributed by atoms with van der Waals surface area (Å²) in [4.78, 5) is 4.69. The molecule has 0 bridgehead atoms. The van der Waals surface area contributed by atoms with E-state index in [-0.39, 0.29) is 0 Å². The van der Waals surface area contributed by atoms with Crippen molar-refractivity contribution in [3.8, 4) is 33.4 Å². The highest BCUT2D eigenvalue weighted by molar-refractivity contribution is 6.01. The Morgan fingerprint density at radius 2 is 0.745 bits per heavy atom. The van der Waals surface area contributed by atoms with Gasteiger partial charge in [0.2, 0.25) is 0 Å². The predicted octanol–water partition coefficient (Wildman–Crippen LogP) is 13.9. The molecule has 51 heavy (non-hydrogen) atoms. The number of hydrogen-bond acceptors (Lipinski definition) is 1. The van der Waals surface area contributed by atoms with Crippen molar-refractivity contribution < 1.29 is 0 Å². The van der Waals surface area contributed by atoms with Crippen LogP contribution >= 0.6 is 0 Å². The summed E-state index contributed by atoms with van der Waals surface area (Å²) in [6, 6.07) is 66.9. The van der Waals surface area contributed by atoms with Crippen molar-refractivity contribution in [2.24, 2.45) is 4.99 Å². The fraction of sp³-hybridized carbons (Fsp3) is 0.0600. The van der Waals surface area contributed by atoms with Gasteiger partial charge in [0, 0.05) is 11.3 Å². The zero-order chi connectivity index (χ0) is 35.8. The smallest absolute Gasteiger partial charge is 0.0633 e. The summed E-state index contributed by atoms with van der Waals surface area (Å²) in [5, 5.41) is 0. The van der Waals surface area contributed by atoms with Crippen LogP contribution < -0.4 is 0 Å². The standard InChI is InChI=1S/C23H21N.C18H14.C9H10/c1-17-9-7-13-22(15-17)23-14-8-12-21(16-23)19(3)24-18(2)20-10-5-4-6-11-20;1-3-8-15(9-4-1)17-12-7-13-18(14-17)16-10-5-2-6-11-16;1-8(2)9-6-4-3-5-7-9/h4-16H,3H2,1-2H3;1-14H;3-7H,1H2,2H3. The lowest BCUT2D eigenvalue weighted by molar-refractivity contribution is 1.45. The van der Waals surface area contributed by atoms with E-state index < -0.39 is 0 Å². The first-order valence-corrected chi connectivity index (χ1v) is 17.3. The quantitative estimate of drug-likeness (QED) is 0.151. The second-order valence-corrected chi connectivity index (χ2v) is 12.4. The van der Waals surface area contributed by atoms with Gasteiger partial charge in [-0.3, -0.25) is 4.99 Å². The average Bonchev–Trinajstić information content (AvgIpc) is 3.20. The Bertz CT molecular complexity index is 2120. The maximum Gasteiger partial charge on any atom is 0.0633 e. The molecular weight excluding hydrogens is 615 g/mol. The van der Waals surface area contributed by atoms with Crippen LogP contribution in [0.25, 0.3) is 44.7 Å². The van der Waals surface area contributed by atoms with Gasteiger partial charge in [0.15, 0.2) is 0 Å². The van der Waals surface area contributed by atoms with Gasteiger partial charge in [-0.1, -0.05) is 206 Å². The lowest BCUT2D eigenvalue weighted by Crippen LogP contribution is -1.94. The first-order valence-electron chi connectivity index (χ1n) is 17.3. The third-order valence-electron chi connectivity index (χ3n) is 8.38. The minimum Gasteiger partial charge on any atom is -0.253 e. The minimum absolute atomic E-state index is 0.783. The van der Waals surface area contributed by atoms with Crippen LogP contribution in [0.3, 0.4) is 0 Å². The molecule has 0 fully saturated rings. The summed E-state index contributed by atoms with van der Waals surface area (Å²) in [6.07, 6.45) is 0. The molecule has 0 heterocycles. The highest BCUT2D eigenvalue weighted by Gasteiger charge is 2.04. The molecule has 0 radical (unpaired) electrons. The zero-order valence-corrected chi connectivity index (χ0v) is 29.8. The highest BCUT2D eigenvalue weighted by atomic mass is 14.7. The molecule has 0 aromatic heterocycles. The van der Waals surface area contributed by atoms with Gasteiger partial charge in [-0.05, 0) is 77.4 Å². The summed E-state index contributed by atoms with van der Waals surface area (Å²) in [6.45, 7) is 14.1. The molecule has 7 aromatic carbocycles. The number of nitrogens with zero attached hydrogens (tertiary/aromatic N) is 1. The molecule has 7 rings (SSSR count). The van der Waals surface area contributed by atoms with Crippen molar-refractivity contribution in [1.29, 1.82) is 0 Å². The molecular formula is C50H45N. The minimum atomic E-state index is 0.783. The Kier molecular flexibility index (Phi) is 13.0. The number of benzene rings is 7. The predicted molar refractivity (Wildman–Crippen MR) is 223 cm³/mol. The van der Waals surface area contributed by atoms with Gasteiger partial charge in [-0.25, -0.2) is 0 Å². The Morgan fingerprint density at radius 3 is 1.22 bits per heavy atom. The molecule has 0 aliphatic heterocycles. The molecule has 0 saturated carbocycles. The molecule has 1 nitrogen and oxygen atoms in total. The van der Waals surface area contributed by atoms with E-state index in [1.807, 2.05) is 62.4 Å². The monoisotopic (exact) mass is 659 g/mol. The van der Waals surface area contributed by atoms with E-state index in [4.69, 9.17) is 4.99 Å². The molecule has 0 aliphatic rings. The van der Waals surface area contributed by atoms with E-state index in [2.05, 4.69) is 166 Å². The normalized spacial score (nSPS) is 10.5. The molecule has 0 spiro atoms. The fourth-order valence-corrected chi connectivity index (χ4v) is 5.58. The fourth-order valence-electron chi connectivity index (χ4n) is 5.58. The van der Waals surface area contributed by atoms with Crippen LogP contribution in [0.1, 0.15) is 36.1 Å². The number of allylic oxidation sites excluding steroid dienone is 1. The summed E-state index contributed by atoms with van der Waals surface area (Å²) in [5.41, 5.74) is 15.0. The molecule has 0 unspecified atom stereocenters. The third kappa shape index (κ3) is 10.8. The van der Waals surface area contributed by atoms with Gasteiger partial charge in [-0.2, -0.15) is 0 Å². The van der Waals surface area contributed by atoms with Gasteiger partial charge in [-0.15, -0.1) is 0 Å². The Labute approximate surface area is 304 Å². The van der Waals surface area contributed by atoms with Crippen molar-refractivity contribution in [2.45, 2.75) is 20.8 Å². The maximum absolute atomic E-state index is 4.69. The Morgan fingerprint density at radius 1 is 0.373 bits per heavy atom.